The zero-order valence-corrected chi connectivity index (χ0v) is 26.2. The molecule has 4 aliphatic heterocycles. The number of ether oxygens (including phenoxy) is 3. The van der Waals surface area contributed by atoms with Gasteiger partial charge in [-0.25, -0.2) is 4.79 Å². The summed E-state index contributed by atoms with van der Waals surface area (Å²) in [5.74, 6) is 3.17. The molecule has 0 aromatic heterocycles. The summed E-state index contributed by atoms with van der Waals surface area (Å²) in [4.78, 5) is 29.0. The van der Waals surface area contributed by atoms with E-state index in [1.54, 1.807) is 20.8 Å². The number of amides is 2. The number of fused-ring (bicyclic) bond motifs is 3. The highest BCUT2D eigenvalue weighted by Crippen LogP contribution is 2.39. The number of carbonyl (C=O) groups excluding carboxylic acids is 2. The van der Waals surface area contributed by atoms with Crippen LogP contribution in [0.2, 0.25) is 0 Å². The molecule has 3 saturated heterocycles. The van der Waals surface area contributed by atoms with Gasteiger partial charge in [-0.05, 0) is 64.7 Å². The number of hydrogen-bond acceptors (Lipinski definition) is 9. The molecule has 11 atom stereocenters. The number of thioether (sulfide) groups is 1. The highest BCUT2D eigenvalue weighted by Gasteiger charge is 2.53. The smallest absolute Gasteiger partial charge is 0.411 e. The summed E-state index contributed by atoms with van der Waals surface area (Å²) >= 11 is 1.20. The molecule has 2 bridgehead atoms. The van der Waals surface area contributed by atoms with Gasteiger partial charge in [-0.15, -0.1) is 18.2 Å². The number of carbonyl (C=O) groups is 2. The summed E-state index contributed by atoms with van der Waals surface area (Å²) in [6.45, 7) is 10.6. The van der Waals surface area contributed by atoms with Crippen molar-refractivity contribution in [1.82, 2.24) is 10.2 Å². The molecule has 4 aliphatic rings. The second-order valence-corrected chi connectivity index (χ2v) is 14.8. The van der Waals surface area contributed by atoms with Crippen LogP contribution in [0.25, 0.3) is 0 Å². The lowest BCUT2D eigenvalue weighted by molar-refractivity contribution is -0.205. The molecule has 4 N–H and O–H groups in total. The van der Waals surface area contributed by atoms with E-state index in [1.807, 2.05) is 12.2 Å². The first-order valence-corrected chi connectivity index (χ1v) is 16.1. The monoisotopic (exact) mass is 608 g/mol. The predicted molar refractivity (Wildman–Crippen MR) is 159 cm³/mol. The summed E-state index contributed by atoms with van der Waals surface area (Å²) in [6, 6.07) is -1.69. The zero-order chi connectivity index (χ0) is 30.8. The molecule has 42 heavy (non-hydrogen) atoms. The second-order valence-electron chi connectivity index (χ2n) is 13.5. The van der Waals surface area contributed by atoms with E-state index in [0.29, 0.717) is 31.4 Å². The highest BCUT2D eigenvalue weighted by atomic mass is 32.2. The van der Waals surface area contributed by atoms with Crippen molar-refractivity contribution in [2.75, 3.05) is 13.2 Å². The molecule has 11 heteroatoms. The number of allylic oxidation sites excluding steroid dienone is 1. The number of nitrogens with one attached hydrogen (secondary N) is 1. The van der Waals surface area contributed by atoms with E-state index in [-0.39, 0.29) is 17.6 Å². The maximum Gasteiger partial charge on any atom is 0.411 e. The average Bonchev–Trinajstić information content (AvgIpc) is 3.15. The SMILES string of the molecule is C#C[C@@H]1C/C=C\C[C@@H](NC(=O)[C@@H]2[C@@H]3OCC[C@@H](CC(C)C)C[C@H]3CN2C(=O)OC(C)(C)C)[C@H]2OC(S1)[C@H](O)[C@H](O)C2O. The Bertz CT molecular complexity index is 1030. The van der Waals surface area contributed by atoms with Gasteiger partial charge >= 0.3 is 6.09 Å². The van der Waals surface area contributed by atoms with Gasteiger partial charge in [0.15, 0.2) is 0 Å². The first-order valence-electron chi connectivity index (χ1n) is 15.2. The maximum absolute atomic E-state index is 14.1. The molecule has 2 unspecified atom stereocenters. The molecule has 4 heterocycles. The average molecular weight is 609 g/mol. The molecule has 2 amide bonds. The molecule has 0 aliphatic carbocycles. The van der Waals surface area contributed by atoms with E-state index in [2.05, 4.69) is 25.1 Å². The largest absolute Gasteiger partial charge is 0.444 e. The summed E-state index contributed by atoms with van der Waals surface area (Å²) < 4.78 is 18.1. The van der Waals surface area contributed by atoms with Crippen LogP contribution in [0.3, 0.4) is 0 Å². The van der Waals surface area contributed by atoms with Gasteiger partial charge in [-0.1, -0.05) is 31.9 Å². The second kappa shape index (κ2) is 13.9. The van der Waals surface area contributed by atoms with Crippen molar-refractivity contribution in [3.8, 4) is 12.3 Å². The quantitative estimate of drug-likeness (QED) is 0.280. The van der Waals surface area contributed by atoms with Gasteiger partial charge in [0.05, 0.1) is 17.4 Å². The third-order valence-electron chi connectivity index (χ3n) is 8.44. The minimum absolute atomic E-state index is 0.0292. The normalized spacial score (nSPS) is 39.9. The van der Waals surface area contributed by atoms with Crippen LogP contribution in [0.4, 0.5) is 4.79 Å². The number of terminal acetylenes is 1. The number of hydrogen-bond donors (Lipinski definition) is 4. The van der Waals surface area contributed by atoms with Crippen molar-refractivity contribution in [3.05, 3.63) is 12.2 Å². The number of nitrogens with zero attached hydrogens (tertiary/aromatic N) is 1. The van der Waals surface area contributed by atoms with Crippen molar-refractivity contribution in [2.24, 2.45) is 17.8 Å². The van der Waals surface area contributed by atoms with Gasteiger partial charge in [-0.2, -0.15) is 0 Å². The minimum atomic E-state index is -1.49. The molecule has 0 aromatic rings. The van der Waals surface area contributed by atoms with Gasteiger partial charge in [0.25, 0.3) is 0 Å². The van der Waals surface area contributed by atoms with Gasteiger partial charge in [0.1, 0.15) is 41.5 Å². The summed E-state index contributed by atoms with van der Waals surface area (Å²) in [7, 11) is 0. The van der Waals surface area contributed by atoms with Crippen molar-refractivity contribution in [3.63, 3.8) is 0 Å². The van der Waals surface area contributed by atoms with Crippen LogP contribution >= 0.6 is 11.8 Å². The van der Waals surface area contributed by atoms with Crippen LogP contribution in [-0.2, 0) is 19.0 Å². The minimum Gasteiger partial charge on any atom is -0.444 e. The van der Waals surface area contributed by atoms with Gasteiger partial charge in [0.2, 0.25) is 5.91 Å². The lowest BCUT2D eigenvalue weighted by atomic mass is 9.85. The summed E-state index contributed by atoms with van der Waals surface area (Å²) in [5.41, 5.74) is -1.64. The molecule has 10 nitrogen and oxygen atoms in total. The van der Waals surface area contributed by atoms with Crippen molar-refractivity contribution in [2.45, 2.75) is 126 Å². The fourth-order valence-electron chi connectivity index (χ4n) is 6.59. The van der Waals surface area contributed by atoms with Crippen LogP contribution in [-0.4, -0.2) is 104 Å². The summed E-state index contributed by atoms with van der Waals surface area (Å²) in [5, 5.41) is 35.0. The van der Waals surface area contributed by atoms with Gasteiger partial charge < -0.3 is 34.8 Å². The fraction of sp³-hybridized carbons (Fsp3) is 0.806. The van der Waals surface area contributed by atoms with Gasteiger partial charge in [-0.3, -0.25) is 9.69 Å². The number of aliphatic hydroxyl groups excluding tert-OH is 3. The molecular weight excluding hydrogens is 560 g/mol. The molecule has 0 radical (unpaired) electrons. The highest BCUT2D eigenvalue weighted by molar-refractivity contribution is 8.00. The van der Waals surface area contributed by atoms with E-state index in [4.69, 9.17) is 20.6 Å². The van der Waals surface area contributed by atoms with E-state index < -0.39 is 65.6 Å². The van der Waals surface area contributed by atoms with E-state index in [0.717, 1.165) is 19.3 Å². The van der Waals surface area contributed by atoms with Gasteiger partial charge in [0, 0.05) is 19.1 Å². The zero-order valence-electron chi connectivity index (χ0n) is 25.3. The standard InChI is InChI=1S/C31H48N2O8S/c1-7-20-10-8-9-11-21(27-24(35)23(34)25(36)29(40-27)42-20)32-28(37)22-26-19(15-18(12-13-39-26)14-17(2)3)16-33(22)30(38)41-31(4,5)6/h1,8-9,17-27,29,34-36H,10-16H2,2-6H3,(H,32,37)/b9-8-/t18-,19-,20+,21+,22-,23+,24?,25+,26+,27+,29?/m0/s1. The molecule has 3 fully saturated rings. The molecule has 0 saturated carbocycles. The van der Waals surface area contributed by atoms with E-state index in [1.165, 1.54) is 16.7 Å². The van der Waals surface area contributed by atoms with Crippen molar-refractivity contribution in [1.29, 1.82) is 0 Å². The molecule has 0 spiro atoms. The first kappa shape index (κ1) is 33.1. The van der Waals surface area contributed by atoms with Crippen LogP contribution in [0.15, 0.2) is 12.2 Å². The van der Waals surface area contributed by atoms with Crippen molar-refractivity contribution >= 4 is 23.8 Å². The third-order valence-corrected chi connectivity index (χ3v) is 9.75. The van der Waals surface area contributed by atoms with Crippen LogP contribution < -0.4 is 5.32 Å². The number of likely N-dealkylation sites (tertiary alicyclic amines) is 1. The number of rotatable bonds is 4. The molecule has 236 valence electrons. The first-order chi connectivity index (χ1) is 19.8. The molecule has 4 rings (SSSR count). The Balaban J connectivity index is 1.60. The Labute approximate surface area is 253 Å². The lowest BCUT2D eigenvalue weighted by Crippen LogP contribution is -2.64. The van der Waals surface area contributed by atoms with Crippen LogP contribution in [0.1, 0.15) is 66.7 Å². The Kier molecular flexibility index (Phi) is 10.9. The lowest BCUT2D eigenvalue weighted by Gasteiger charge is -2.44. The molecular formula is C31H48N2O8S. The topological polar surface area (TPSA) is 138 Å². The van der Waals surface area contributed by atoms with Crippen LogP contribution in [0, 0.1) is 30.1 Å². The number of aliphatic hydroxyl groups is 3. The Morgan fingerprint density at radius 2 is 1.86 bits per heavy atom. The third kappa shape index (κ3) is 7.82. The van der Waals surface area contributed by atoms with Crippen LogP contribution in [0.5, 0.6) is 0 Å². The van der Waals surface area contributed by atoms with E-state index >= 15 is 0 Å². The Morgan fingerprint density at radius 3 is 2.52 bits per heavy atom. The van der Waals surface area contributed by atoms with Crippen molar-refractivity contribution < 1.29 is 39.1 Å². The fourth-order valence-corrected chi connectivity index (χ4v) is 7.73. The molecule has 0 aromatic carbocycles. The Morgan fingerprint density at radius 1 is 1.14 bits per heavy atom. The predicted octanol–water partition coefficient (Wildman–Crippen LogP) is 2.44. The summed E-state index contributed by atoms with van der Waals surface area (Å²) in [6.07, 6.45) is 6.65. The Hall–Kier alpha value is -1.81. The maximum atomic E-state index is 14.1. The van der Waals surface area contributed by atoms with E-state index in [9.17, 15) is 24.9 Å².